The molecular weight excluding hydrogens is 205 g/mol. The van der Waals surface area contributed by atoms with Crippen LogP contribution < -0.4 is 5.32 Å². The second-order valence-corrected chi connectivity index (χ2v) is 3.56. The Kier molecular flexibility index (Phi) is 3.64. The third kappa shape index (κ3) is 2.64. The summed E-state index contributed by atoms with van der Waals surface area (Å²) in [6, 6.07) is 5.67. The van der Waals surface area contributed by atoms with E-state index in [0.29, 0.717) is 10.0 Å². The van der Waals surface area contributed by atoms with Crippen LogP contribution in [-0.4, -0.2) is 6.04 Å². The van der Waals surface area contributed by atoms with Crippen molar-refractivity contribution in [3.8, 4) is 0 Å². The van der Waals surface area contributed by atoms with E-state index < -0.39 is 0 Å². The van der Waals surface area contributed by atoms with Crippen molar-refractivity contribution in [3.05, 3.63) is 40.9 Å². The average molecular weight is 216 g/mol. The van der Waals surface area contributed by atoms with Crippen molar-refractivity contribution >= 4 is 28.9 Å². The van der Waals surface area contributed by atoms with E-state index in [-0.39, 0.29) is 6.04 Å². The van der Waals surface area contributed by atoms with E-state index in [9.17, 15) is 0 Å². The summed E-state index contributed by atoms with van der Waals surface area (Å²) in [5.41, 5.74) is 0.835. The fourth-order valence-electron chi connectivity index (χ4n) is 0.919. The summed E-state index contributed by atoms with van der Waals surface area (Å²) in [7, 11) is 0. The van der Waals surface area contributed by atoms with E-state index in [4.69, 9.17) is 23.2 Å². The van der Waals surface area contributed by atoms with Gasteiger partial charge in [-0.1, -0.05) is 35.3 Å². The zero-order valence-electron chi connectivity index (χ0n) is 7.35. The van der Waals surface area contributed by atoms with Gasteiger partial charge in [0.15, 0.2) is 0 Å². The molecule has 1 N–H and O–H groups in total. The summed E-state index contributed by atoms with van der Waals surface area (Å²) in [5, 5.41) is 4.28. The minimum atomic E-state index is 0.177. The van der Waals surface area contributed by atoms with Crippen LogP contribution in [0.1, 0.15) is 6.92 Å². The summed E-state index contributed by atoms with van der Waals surface area (Å²) in [6.45, 7) is 5.66. The minimum Gasteiger partial charge on any atom is -0.378 e. The zero-order chi connectivity index (χ0) is 9.84. The Morgan fingerprint density at radius 3 is 2.77 bits per heavy atom. The van der Waals surface area contributed by atoms with Crippen molar-refractivity contribution < 1.29 is 0 Å². The third-order valence-electron chi connectivity index (χ3n) is 1.69. The lowest BCUT2D eigenvalue weighted by Crippen LogP contribution is -2.11. The molecule has 1 atom stereocenters. The number of hydrogen-bond acceptors (Lipinski definition) is 1. The second kappa shape index (κ2) is 4.54. The SMILES string of the molecule is C=CC(C)Nc1cccc(Cl)c1Cl. The molecular formula is C10H11Cl2N. The predicted molar refractivity (Wildman–Crippen MR) is 59.7 cm³/mol. The molecule has 0 aliphatic heterocycles. The van der Waals surface area contributed by atoms with Crippen LogP contribution in [0.4, 0.5) is 5.69 Å². The van der Waals surface area contributed by atoms with E-state index in [1.807, 2.05) is 19.1 Å². The normalized spacial score (nSPS) is 12.2. The van der Waals surface area contributed by atoms with E-state index in [0.717, 1.165) is 5.69 Å². The second-order valence-electron chi connectivity index (χ2n) is 2.77. The van der Waals surface area contributed by atoms with Gasteiger partial charge >= 0.3 is 0 Å². The highest BCUT2D eigenvalue weighted by Crippen LogP contribution is 2.29. The topological polar surface area (TPSA) is 12.0 Å². The first-order valence-corrected chi connectivity index (χ1v) is 4.74. The van der Waals surface area contributed by atoms with Crippen molar-refractivity contribution in [2.75, 3.05) is 5.32 Å². The van der Waals surface area contributed by atoms with Crippen molar-refractivity contribution in [3.63, 3.8) is 0 Å². The fourth-order valence-corrected chi connectivity index (χ4v) is 1.27. The summed E-state index contributed by atoms with van der Waals surface area (Å²) < 4.78 is 0. The Balaban J connectivity index is 2.88. The molecule has 0 amide bonds. The van der Waals surface area contributed by atoms with Gasteiger partial charge in [-0.3, -0.25) is 0 Å². The molecule has 0 bridgehead atoms. The predicted octanol–water partition coefficient (Wildman–Crippen LogP) is 3.98. The molecule has 1 aromatic rings. The van der Waals surface area contributed by atoms with Gasteiger partial charge in [-0.25, -0.2) is 0 Å². The van der Waals surface area contributed by atoms with Crippen LogP contribution in [0.3, 0.4) is 0 Å². The van der Waals surface area contributed by atoms with Crippen LogP contribution in [0.5, 0.6) is 0 Å². The molecule has 70 valence electrons. The van der Waals surface area contributed by atoms with Crippen molar-refractivity contribution in [1.82, 2.24) is 0 Å². The van der Waals surface area contributed by atoms with E-state index in [1.165, 1.54) is 0 Å². The molecule has 1 aromatic carbocycles. The molecule has 0 aliphatic rings. The molecule has 0 aliphatic carbocycles. The molecule has 0 aromatic heterocycles. The Hall–Kier alpha value is -0.660. The smallest absolute Gasteiger partial charge is 0.0823 e. The van der Waals surface area contributed by atoms with Gasteiger partial charge in [-0.05, 0) is 19.1 Å². The molecule has 0 fully saturated rings. The van der Waals surface area contributed by atoms with E-state index >= 15 is 0 Å². The summed E-state index contributed by atoms with van der Waals surface area (Å²) in [4.78, 5) is 0. The molecule has 3 heteroatoms. The lowest BCUT2D eigenvalue weighted by Gasteiger charge is -2.12. The largest absolute Gasteiger partial charge is 0.378 e. The van der Waals surface area contributed by atoms with Crippen LogP contribution in [0.15, 0.2) is 30.9 Å². The van der Waals surface area contributed by atoms with Gasteiger partial charge in [0.1, 0.15) is 0 Å². The van der Waals surface area contributed by atoms with Crippen molar-refractivity contribution in [2.24, 2.45) is 0 Å². The first kappa shape index (κ1) is 10.4. The van der Waals surface area contributed by atoms with Gasteiger partial charge in [-0.2, -0.15) is 0 Å². The standard InChI is InChI=1S/C10H11Cl2N/c1-3-7(2)13-9-6-4-5-8(11)10(9)12/h3-7,13H,1H2,2H3. The zero-order valence-corrected chi connectivity index (χ0v) is 8.86. The number of benzene rings is 1. The molecule has 1 nitrogen and oxygen atoms in total. The minimum absolute atomic E-state index is 0.177. The average Bonchev–Trinajstić information content (AvgIpc) is 2.13. The van der Waals surface area contributed by atoms with Gasteiger partial charge in [-0.15, -0.1) is 6.58 Å². The maximum absolute atomic E-state index is 5.97. The highest BCUT2D eigenvalue weighted by Gasteiger charge is 2.04. The number of anilines is 1. The first-order chi connectivity index (χ1) is 6.15. The summed E-state index contributed by atoms with van der Waals surface area (Å²) >= 11 is 11.8. The van der Waals surface area contributed by atoms with Crippen molar-refractivity contribution in [1.29, 1.82) is 0 Å². The van der Waals surface area contributed by atoms with Crippen LogP contribution in [-0.2, 0) is 0 Å². The van der Waals surface area contributed by atoms with Crippen LogP contribution in [0.25, 0.3) is 0 Å². The number of hydrogen-bond donors (Lipinski definition) is 1. The molecule has 13 heavy (non-hydrogen) atoms. The maximum atomic E-state index is 5.97. The van der Waals surface area contributed by atoms with E-state index in [2.05, 4.69) is 11.9 Å². The molecule has 0 saturated carbocycles. The Morgan fingerprint density at radius 1 is 1.46 bits per heavy atom. The summed E-state index contributed by atoms with van der Waals surface area (Å²) in [5.74, 6) is 0. The van der Waals surface area contributed by atoms with Gasteiger partial charge in [0.2, 0.25) is 0 Å². The molecule has 0 heterocycles. The van der Waals surface area contributed by atoms with Crippen LogP contribution >= 0.6 is 23.2 Å². The van der Waals surface area contributed by atoms with Crippen LogP contribution in [0, 0.1) is 0 Å². The Morgan fingerprint density at radius 2 is 2.15 bits per heavy atom. The summed E-state index contributed by atoms with van der Waals surface area (Å²) in [6.07, 6.45) is 1.80. The maximum Gasteiger partial charge on any atom is 0.0823 e. The Labute approximate surface area is 88.4 Å². The molecule has 1 unspecified atom stereocenters. The lowest BCUT2D eigenvalue weighted by molar-refractivity contribution is 1.00. The third-order valence-corrected chi connectivity index (χ3v) is 2.51. The quantitative estimate of drug-likeness (QED) is 0.753. The number of nitrogens with one attached hydrogen (secondary N) is 1. The molecule has 0 saturated heterocycles. The molecule has 0 radical (unpaired) electrons. The highest BCUT2D eigenvalue weighted by molar-refractivity contribution is 6.43. The monoisotopic (exact) mass is 215 g/mol. The highest BCUT2D eigenvalue weighted by atomic mass is 35.5. The van der Waals surface area contributed by atoms with Crippen molar-refractivity contribution in [2.45, 2.75) is 13.0 Å². The van der Waals surface area contributed by atoms with Gasteiger partial charge in [0, 0.05) is 6.04 Å². The van der Waals surface area contributed by atoms with E-state index in [1.54, 1.807) is 12.1 Å². The van der Waals surface area contributed by atoms with Gasteiger partial charge in [0.05, 0.1) is 15.7 Å². The number of rotatable bonds is 3. The first-order valence-electron chi connectivity index (χ1n) is 3.98. The molecule has 1 rings (SSSR count). The Bertz CT molecular complexity index is 310. The lowest BCUT2D eigenvalue weighted by atomic mass is 10.2. The van der Waals surface area contributed by atoms with Crippen LogP contribution in [0.2, 0.25) is 10.0 Å². The van der Waals surface area contributed by atoms with Gasteiger partial charge < -0.3 is 5.32 Å². The fraction of sp³-hybridized carbons (Fsp3) is 0.200. The number of halogens is 2. The molecule has 0 spiro atoms. The van der Waals surface area contributed by atoms with Gasteiger partial charge in [0.25, 0.3) is 0 Å².